The molecule has 0 fully saturated rings. The number of aryl methyl sites for hydroxylation is 1. The first-order chi connectivity index (χ1) is 13.7. The average Bonchev–Trinajstić information content (AvgIpc) is 3.07. The maximum Gasteiger partial charge on any atom is 0.244 e. The Morgan fingerprint density at radius 3 is 2.50 bits per heavy atom. The fraction of sp³-hybridized carbons (Fsp3) is 0.125. The van der Waals surface area contributed by atoms with E-state index in [1.165, 1.54) is 0 Å². The minimum atomic E-state index is -0.0950. The molecule has 0 atom stereocenters. The predicted octanol–water partition coefficient (Wildman–Crippen LogP) is 5.26. The number of aromatic nitrogens is 1. The molecule has 0 bridgehead atoms. The van der Waals surface area contributed by atoms with Crippen molar-refractivity contribution in [2.75, 3.05) is 12.4 Å². The summed E-state index contributed by atoms with van der Waals surface area (Å²) in [6, 6.07) is 26.1. The molecule has 3 aromatic carbocycles. The van der Waals surface area contributed by atoms with E-state index >= 15 is 0 Å². The normalized spacial score (nSPS) is 10.8. The number of hydrogen-bond acceptors (Lipinski definition) is 2. The Hall–Kier alpha value is -3.53. The van der Waals surface area contributed by atoms with Crippen molar-refractivity contribution < 1.29 is 9.53 Å². The van der Waals surface area contributed by atoms with Gasteiger partial charge in [-0.3, -0.25) is 4.79 Å². The summed E-state index contributed by atoms with van der Waals surface area (Å²) in [5.41, 5.74) is 4.89. The van der Waals surface area contributed by atoms with Crippen molar-refractivity contribution in [3.05, 3.63) is 84.4 Å². The van der Waals surface area contributed by atoms with E-state index in [0.29, 0.717) is 11.4 Å². The van der Waals surface area contributed by atoms with Crippen LogP contribution in [-0.2, 0) is 11.3 Å². The first-order valence-corrected chi connectivity index (χ1v) is 9.24. The van der Waals surface area contributed by atoms with E-state index in [-0.39, 0.29) is 12.5 Å². The van der Waals surface area contributed by atoms with Gasteiger partial charge in [-0.1, -0.05) is 54.6 Å². The highest BCUT2D eigenvalue weighted by Gasteiger charge is 2.14. The summed E-state index contributed by atoms with van der Waals surface area (Å²) >= 11 is 0. The molecule has 1 N–H and O–H groups in total. The minimum Gasteiger partial charge on any atom is -0.495 e. The summed E-state index contributed by atoms with van der Waals surface area (Å²) in [6.07, 6.45) is 0. The number of methoxy groups -OCH3 is 1. The maximum atomic E-state index is 12.9. The van der Waals surface area contributed by atoms with Crippen molar-refractivity contribution >= 4 is 22.5 Å². The van der Waals surface area contributed by atoms with Crippen LogP contribution in [0.25, 0.3) is 22.2 Å². The van der Waals surface area contributed by atoms with Crippen LogP contribution in [-0.4, -0.2) is 17.6 Å². The van der Waals surface area contributed by atoms with Crippen LogP contribution in [0.4, 0.5) is 5.69 Å². The second-order valence-electron chi connectivity index (χ2n) is 6.79. The summed E-state index contributed by atoms with van der Waals surface area (Å²) in [7, 11) is 1.60. The summed E-state index contributed by atoms with van der Waals surface area (Å²) < 4.78 is 7.44. The number of carbonyl (C=O) groups is 1. The maximum absolute atomic E-state index is 12.9. The molecule has 0 radical (unpaired) electrons. The number of fused-ring (bicyclic) bond motifs is 1. The first-order valence-electron chi connectivity index (χ1n) is 9.24. The van der Waals surface area contributed by atoms with Crippen LogP contribution in [0.5, 0.6) is 5.75 Å². The van der Waals surface area contributed by atoms with Gasteiger partial charge in [0.15, 0.2) is 0 Å². The second-order valence-corrected chi connectivity index (χ2v) is 6.79. The fourth-order valence-corrected chi connectivity index (χ4v) is 3.48. The van der Waals surface area contributed by atoms with Gasteiger partial charge in [-0.2, -0.15) is 0 Å². The molecular weight excluding hydrogens is 348 g/mol. The molecule has 0 unspecified atom stereocenters. The molecule has 4 aromatic rings. The zero-order chi connectivity index (χ0) is 19.5. The van der Waals surface area contributed by atoms with Gasteiger partial charge in [-0.25, -0.2) is 0 Å². The number of carbonyl (C=O) groups excluding carboxylic acids is 1. The van der Waals surface area contributed by atoms with Gasteiger partial charge in [0.2, 0.25) is 5.91 Å². The molecule has 28 heavy (non-hydrogen) atoms. The van der Waals surface area contributed by atoms with Gasteiger partial charge >= 0.3 is 0 Å². The third-order valence-corrected chi connectivity index (χ3v) is 4.81. The minimum absolute atomic E-state index is 0.0950. The molecule has 4 rings (SSSR count). The van der Waals surface area contributed by atoms with E-state index in [4.69, 9.17) is 4.74 Å². The number of amides is 1. The largest absolute Gasteiger partial charge is 0.495 e. The van der Waals surface area contributed by atoms with Crippen LogP contribution in [0, 0.1) is 6.92 Å². The van der Waals surface area contributed by atoms with Crippen molar-refractivity contribution in [3.63, 3.8) is 0 Å². The first kappa shape index (κ1) is 17.9. The highest BCUT2D eigenvalue weighted by atomic mass is 16.5. The van der Waals surface area contributed by atoms with Crippen LogP contribution < -0.4 is 10.1 Å². The Kier molecular flexibility index (Phi) is 4.85. The van der Waals surface area contributed by atoms with E-state index in [0.717, 1.165) is 27.7 Å². The van der Waals surface area contributed by atoms with Gasteiger partial charge in [-0.15, -0.1) is 0 Å². The number of hydrogen-bond donors (Lipinski definition) is 1. The van der Waals surface area contributed by atoms with Crippen LogP contribution in [0.1, 0.15) is 5.56 Å². The van der Waals surface area contributed by atoms with E-state index in [9.17, 15) is 4.79 Å². The van der Waals surface area contributed by atoms with Crippen molar-refractivity contribution in [2.24, 2.45) is 0 Å². The lowest BCUT2D eigenvalue weighted by Gasteiger charge is -2.14. The summed E-state index contributed by atoms with van der Waals surface area (Å²) in [6.45, 7) is 2.21. The van der Waals surface area contributed by atoms with Gasteiger partial charge in [-0.05, 0) is 42.3 Å². The summed E-state index contributed by atoms with van der Waals surface area (Å²) in [5, 5.41) is 4.11. The molecule has 4 nitrogen and oxygen atoms in total. The number of nitrogens with zero attached hydrogens (tertiary/aromatic N) is 1. The van der Waals surface area contributed by atoms with E-state index in [2.05, 4.69) is 34.1 Å². The number of benzene rings is 3. The predicted molar refractivity (Wildman–Crippen MR) is 114 cm³/mol. The average molecular weight is 370 g/mol. The molecule has 0 aliphatic heterocycles. The highest BCUT2D eigenvalue weighted by Crippen LogP contribution is 2.29. The van der Waals surface area contributed by atoms with Gasteiger partial charge in [0, 0.05) is 16.6 Å². The number of ether oxygens (including phenoxy) is 1. The Balaban J connectivity index is 1.70. The smallest absolute Gasteiger partial charge is 0.244 e. The molecular formula is C24H22N2O2. The third-order valence-electron chi connectivity index (χ3n) is 4.81. The molecule has 140 valence electrons. The molecule has 0 spiro atoms. The zero-order valence-corrected chi connectivity index (χ0v) is 16.0. The summed E-state index contributed by atoms with van der Waals surface area (Å²) in [5.74, 6) is 0.557. The standard InChI is InChI=1S/C24H22N2O2/c1-17-12-13-23(28-2)20(14-17)25-24(27)16-26-21-11-7-6-10-19(21)15-22(26)18-8-4-3-5-9-18/h3-15H,16H2,1-2H3,(H,25,27). The number of para-hydroxylation sites is 1. The van der Waals surface area contributed by atoms with Crippen LogP contribution in [0.15, 0.2) is 78.9 Å². The van der Waals surface area contributed by atoms with Gasteiger partial charge in [0.25, 0.3) is 0 Å². The molecule has 0 saturated heterocycles. The Bertz CT molecular complexity index is 1130. The Morgan fingerprint density at radius 1 is 0.964 bits per heavy atom. The lowest BCUT2D eigenvalue weighted by Crippen LogP contribution is -2.19. The van der Waals surface area contributed by atoms with E-state index in [1.807, 2.05) is 61.5 Å². The SMILES string of the molecule is COc1ccc(C)cc1NC(=O)Cn1c(-c2ccccc2)cc2ccccc21. The van der Waals surface area contributed by atoms with Crippen LogP contribution >= 0.6 is 0 Å². The van der Waals surface area contributed by atoms with Crippen LogP contribution in [0.3, 0.4) is 0 Å². The topological polar surface area (TPSA) is 43.3 Å². The van der Waals surface area contributed by atoms with Crippen molar-refractivity contribution in [2.45, 2.75) is 13.5 Å². The van der Waals surface area contributed by atoms with Crippen LogP contribution in [0.2, 0.25) is 0 Å². The van der Waals surface area contributed by atoms with Gasteiger partial charge < -0.3 is 14.6 Å². The highest BCUT2D eigenvalue weighted by molar-refractivity contribution is 5.95. The monoisotopic (exact) mass is 370 g/mol. The molecule has 1 amide bonds. The molecule has 0 aliphatic rings. The van der Waals surface area contributed by atoms with Crippen molar-refractivity contribution in [1.29, 1.82) is 0 Å². The zero-order valence-electron chi connectivity index (χ0n) is 16.0. The molecule has 1 aromatic heterocycles. The van der Waals surface area contributed by atoms with Gasteiger partial charge in [0.05, 0.1) is 12.8 Å². The number of rotatable bonds is 5. The second kappa shape index (κ2) is 7.61. The van der Waals surface area contributed by atoms with Crippen molar-refractivity contribution in [1.82, 2.24) is 4.57 Å². The fourth-order valence-electron chi connectivity index (χ4n) is 3.48. The molecule has 0 aliphatic carbocycles. The van der Waals surface area contributed by atoms with E-state index in [1.54, 1.807) is 7.11 Å². The number of anilines is 1. The molecule has 1 heterocycles. The molecule has 0 saturated carbocycles. The number of nitrogens with one attached hydrogen (secondary N) is 1. The molecule has 4 heteroatoms. The Labute approximate surface area is 164 Å². The Morgan fingerprint density at radius 2 is 1.71 bits per heavy atom. The van der Waals surface area contributed by atoms with E-state index < -0.39 is 0 Å². The third kappa shape index (κ3) is 3.49. The van der Waals surface area contributed by atoms with Gasteiger partial charge in [0.1, 0.15) is 12.3 Å². The van der Waals surface area contributed by atoms with Crippen molar-refractivity contribution in [3.8, 4) is 17.0 Å². The quantitative estimate of drug-likeness (QED) is 0.520. The lowest BCUT2D eigenvalue weighted by atomic mass is 10.1. The lowest BCUT2D eigenvalue weighted by molar-refractivity contribution is -0.116. The summed E-state index contributed by atoms with van der Waals surface area (Å²) in [4.78, 5) is 12.9.